The lowest BCUT2D eigenvalue weighted by atomic mass is 10.1. The van der Waals surface area contributed by atoms with E-state index in [0.29, 0.717) is 37.6 Å². The van der Waals surface area contributed by atoms with E-state index in [1.807, 2.05) is 4.90 Å². The molecule has 1 aromatic rings. The van der Waals surface area contributed by atoms with Crippen LogP contribution in [0.3, 0.4) is 0 Å². The molecule has 1 heterocycles. The number of aliphatic hydroxyl groups excluding tert-OH is 1. The van der Waals surface area contributed by atoms with Gasteiger partial charge in [0.25, 0.3) is 5.69 Å². The number of hydrogen-bond acceptors (Lipinski definition) is 5. The number of benzene rings is 1. The van der Waals surface area contributed by atoms with Crippen LogP contribution < -0.4 is 4.90 Å². The van der Waals surface area contributed by atoms with Crippen LogP contribution in [0.2, 0.25) is 0 Å². The van der Waals surface area contributed by atoms with Gasteiger partial charge in [-0.15, -0.1) is 0 Å². The van der Waals surface area contributed by atoms with Crippen molar-refractivity contribution in [3.63, 3.8) is 0 Å². The predicted molar refractivity (Wildman–Crippen MR) is 66.8 cm³/mol. The van der Waals surface area contributed by atoms with Gasteiger partial charge >= 0.3 is 0 Å². The SMILES string of the molecule is CC(O)c1ccc(N2CCOCC2)c([N+](=O)[O-])c1. The molecule has 1 atom stereocenters. The van der Waals surface area contributed by atoms with E-state index in [0.717, 1.165) is 0 Å². The highest BCUT2D eigenvalue weighted by atomic mass is 16.6. The minimum Gasteiger partial charge on any atom is -0.389 e. The summed E-state index contributed by atoms with van der Waals surface area (Å²) in [5.74, 6) is 0. The molecule has 1 unspecified atom stereocenters. The Balaban J connectivity index is 2.36. The van der Waals surface area contributed by atoms with Crippen LogP contribution in [0.25, 0.3) is 0 Å². The van der Waals surface area contributed by atoms with Gasteiger partial charge in [0.1, 0.15) is 5.69 Å². The highest BCUT2D eigenvalue weighted by Gasteiger charge is 2.22. The molecule has 1 N–H and O–H groups in total. The van der Waals surface area contributed by atoms with Crippen molar-refractivity contribution >= 4 is 11.4 Å². The standard InChI is InChI=1S/C12H16N2O4/c1-9(15)10-2-3-11(12(8-10)14(16)17)13-4-6-18-7-5-13/h2-3,8-9,15H,4-7H2,1H3. The van der Waals surface area contributed by atoms with Crippen molar-refractivity contribution in [1.29, 1.82) is 0 Å². The number of rotatable bonds is 3. The molecule has 6 heteroatoms. The Morgan fingerprint density at radius 2 is 2.11 bits per heavy atom. The molecule has 6 nitrogen and oxygen atoms in total. The first kappa shape index (κ1) is 12.8. The number of hydrogen-bond donors (Lipinski definition) is 1. The lowest BCUT2D eigenvalue weighted by Gasteiger charge is -2.28. The average Bonchev–Trinajstić information content (AvgIpc) is 2.39. The van der Waals surface area contributed by atoms with Gasteiger partial charge in [-0.25, -0.2) is 0 Å². The second kappa shape index (κ2) is 5.32. The molecule has 2 rings (SSSR count). The predicted octanol–water partition coefficient (Wildman–Crippen LogP) is 1.48. The van der Waals surface area contributed by atoms with Gasteiger partial charge in [-0.05, 0) is 18.6 Å². The van der Waals surface area contributed by atoms with Gasteiger partial charge in [-0.1, -0.05) is 6.07 Å². The van der Waals surface area contributed by atoms with Crippen LogP contribution in [0.5, 0.6) is 0 Å². The zero-order valence-electron chi connectivity index (χ0n) is 10.2. The third-order valence-electron chi connectivity index (χ3n) is 3.03. The second-order valence-corrected chi connectivity index (χ2v) is 4.28. The fourth-order valence-corrected chi connectivity index (χ4v) is 2.02. The molecule has 0 saturated carbocycles. The number of morpholine rings is 1. The number of aliphatic hydroxyl groups is 1. The van der Waals surface area contributed by atoms with E-state index in [1.165, 1.54) is 6.07 Å². The summed E-state index contributed by atoms with van der Waals surface area (Å²) in [6, 6.07) is 4.86. The van der Waals surface area contributed by atoms with Gasteiger partial charge in [0.15, 0.2) is 0 Å². The summed E-state index contributed by atoms with van der Waals surface area (Å²) >= 11 is 0. The van der Waals surface area contributed by atoms with Crippen molar-refractivity contribution in [3.8, 4) is 0 Å². The molecule has 1 saturated heterocycles. The van der Waals surface area contributed by atoms with E-state index in [1.54, 1.807) is 19.1 Å². The minimum atomic E-state index is -0.706. The van der Waals surface area contributed by atoms with Crippen LogP contribution in [-0.2, 0) is 4.74 Å². The molecule has 0 amide bonds. The largest absolute Gasteiger partial charge is 0.389 e. The molecule has 1 aliphatic heterocycles. The molecule has 0 bridgehead atoms. The van der Waals surface area contributed by atoms with Crippen molar-refractivity contribution < 1.29 is 14.8 Å². The molecule has 0 spiro atoms. The van der Waals surface area contributed by atoms with Crippen LogP contribution in [0.15, 0.2) is 18.2 Å². The zero-order chi connectivity index (χ0) is 13.1. The fourth-order valence-electron chi connectivity index (χ4n) is 2.02. The summed E-state index contributed by atoms with van der Waals surface area (Å²) in [5, 5.41) is 20.6. The van der Waals surface area contributed by atoms with Crippen molar-refractivity contribution in [1.82, 2.24) is 0 Å². The lowest BCUT2D eigenvalue weighted by Crippen LogP contribution is -2.36. The number of nitro benzene ring substituents is 1. The van der Waals surface area contributed by atoms with E-state index in [9.17, 15) is 15.2 Å². The molecule has 1 aromatic carbocycles. The van der Waals surface area contributed by atoms with E-state index in [-0.39, 0.29) is 5.69 Å². The van der Waals surface area contributed by atoms with E-state index < -0.39 is 11.0 Å². The van der Waals surface area contributed by atoms with Crippen molar-refractivity contribution in [2.24, 2.45) is 0 Å². The Hall–Kier alpha value is -1.66. The van der Waals surface area contributed by atoms with Crippen molar-refractivity contribution in [2.75, 3.05) is 31.2 Å². The molecular formula is C12H16N2O4. The summed E-state index contributed by atoms with van der Waals surface area (Å²) in [7, 11) is 0. The number of anilines is 1. The molecule has 1 fully saturated rings. The van der Waals surface area contributed by atoms with Crippen LogP contribution in [0.4, 0.5) is 11.4 Å². The molecule has 1 aliphatic rings. The van der Waals surface area contributed by atoms with Gasteiger partial charge in [-0.3, -0.25) is 10.1 Å². The van der Waals surface area contributed by atoms with Crippen molar-refractivity contribution in [2.45, 2.75) is 13.0 Å². The van der Waals surface area contributed by atoms with Gasteiger partial charge in [-0.2, -0.15) is 0 Å². The Morgan fingerprint density at radius 1 is 1.44 bits per heavy atom. The van der Waals surface area contributed by atoms with Crippen LogP contribution in [-0.4, -0.2) is 36.3 Å². The summed E-state index contributed by atoms with van der Waals surface area (Å²) in [4.78, 5) is 12.6. The quantitative estimate of drug-likeness (QED) is 0.651. The monoisotopic (exact) mass is 252 g/mol. The maximum Gasteiger partial charge on any atom is 0.292 e. The normalized spacial score (nSPS) is 17.6. The maximum absolute atomic E-state index is 11.1. The molecule has 0 aliphatic carbocycles. The smallest absolute Gasteiger partial charge is 0.292 e. The highest BCUT2D eigenvalue weighted by molar-refractivity contribution is 5.64. The second-order valence-electron chi connectivity index (χ2n) is 4.28. The van der Waals surface area contributed by atoms with Gasteiger partial charge < -0.3 is 14.7 Å². The molecular weight excluding hydrogens is 236 g/mol. The summed E-state index contributed by atoms with van der Waals surface area (Å²) < 4.78 is 5.23. The number of ether oxygens (including phenoxy) is 1. The Morgan fingerprint density at radius 3 is 2.67 bits per heavy atom. The maximum atomic E-state index is 11.1. The Bertz CT molecular complexity index is 442. The average molecular weight is 252 g/mol. The first-order chi connectivity index (χ1) is 8.59. The van der Waals surface area contributed by atoms with Gasteiger partial charge in [0, 0.05) is 19.2 Å². The van der Waals surface area contributed by atoms with Crippen LogP contribution in [0.1, 0.15) is 18.6 Å². The first-order valence-corrected chi connectivity index (χ1v) is 5.88. The topological polar surface area (TPSA) is 75.8 Å². The zero-order valence-corrected chi connectivity index (χ0v) is 10.2. The van der Waals surface area contributed by atoms with E-state index in [4.69, 9.17) is 4.74 Å². The first-order valence-electron chi connectivity index (χ1n) is 5.88. The number of nitro groups is 1. The summed E-state index contributed by atoms with van der Waals surface area (Å²) in [6.07, 6.45) is -0.706. The van der Waals surface area contributed by atoms with Gasteiger partial charge in [0.2, 0.25) is 0 Å². The highest BCUT2D eigenvalue weighted by Crippen LogP contribution is 2.31. The molecule has 18 heavy (non-hydrogen) atoms. The molecule has 98 valence electrons. The Labute approximate surface area is 105 Å². The summed E-state index contributed by atoms with van der Waals surface area (Å²) in [6.45, 7) is 4.04. The third-order valence-corrected chi connectivity index (χ3v) is 3.03. The van der Waals surface area contributed by atoms with Crippen LogP contribution in [0, 0.1) is 10.1 Å². The third kappa shape index (κ3) is 2.60. The van der Waals surface area contributed by atoms with Crippen molar-refractivity contribution in [3.05, 3.63) is 33.9 Å². The van der Waals surface area contributed by atoms with E-state index >= 15 is 0 Å². The van der Waals surface area contributed by atoms with E-state index in [2.05, 4.69) is 0 Å². The number of nitrogens with zero attached hydrogens (tertiary/aromatic N) is 2. The lowest BCUT2D eigenvalue weighted by molar-refractivity contribution is -0.384. The van der Waals surface area contributed by atoms with Gasteiger partial charge in [0.05, 0.1) is 24.2 Å². The molecule has 0 radical (unpaired) electrons. The molecule has 0 aromatic heterocycles. The Kier molecular flexibility index (Phi) is 3.78. The fraction of sp³-hybridized carbons (Fsp3) is 0.500. The minimum absolute atomic E-state index is 0.0373. The van der Waals surface area contributed by atoms with Crippen LogP contribution >= 0.6 is 0 Å². The summed E-state index contributed by atoms with van der Waals surface area (Å²) in [5.41, 5.74) is 1.18.